The van der Waals surface area contributed by atoms with Gasteiger partial charge in [0.15, 0.2) is 0 Å². The lowest BCUT2D eigenvalue weighted by Crippen LogP contribution is -2.49. The Hall–Kier alpha value is -0.610. The number of ether oxygens (including phenoxy) is 1. The molecule has 112 valence electrons. The largest absolute Gasteiger partial charge is 0.480 e. The summed E-state index contributed by atoms with van der Waals surface area (Å²) in [5, 5.41) is 9.12. The van der Waals surface area contributed by atoms with Crippen molar-refractivity contribution in [2.45, 2.75) is 52.5 Å². The molecule has 4 nitrogen and oxygen atoms in total. The second-order valence-corrected chi connectivity index (χ2v) is 6.68. The van der Waals surface area contributed by atoms with Crippen LogP contribution in [-0.4, -0.2) is 48.8 Å². The molecule has 19 heavy (non-hydrogen) atoms. The predicted octanol–water partition coefficient (Wildman–Crippen LogP) is 2.62. The lowest BCUT2D eigenvalue weighted by molar-refractivity contribution is -0.140. The van der Waals surface area contributed by atoms with Gasteiger partial charge in [-0.15, -0.1) is 0 Å². The third-order valence-electron chi connectivity index (χ3n) is 4.23. The molecule has 1 aliphatic rings. The Labute approximate surface area is 117 Å². The van der Waals surface area contributed by atoms with Gasteiger partial charge < -0.3 is 9.84 Å². The normalized spacial score (nSPS) is 24.7. The quantitative estimate of drug-likeness (QED) is 0.807. The van der Waals surface area contributed by atoms with Crippen LogP contribution < -0.4 is 0 Å². The van der Waals surface area contributed by atoms with E-state index in [0.717, 1.165) is 6.42 Å². The molecule has 2 unspecified atom stereocenters. The molecule has 0 aromatic carbocycles. The number of hydrogen-bond acceptors (Lipinski definition) is 3. The van der Waals surface area contributed by atoms with E-state index in [0.29, 0.717) is 25.1 Å². The zero-order chi connectivity index (χ0) is 14.5. The van der Waals surface area contributed by atoms with Crippen LogP contribution in [0.1, 0.15) is 46.5 Å². The lowest BCUT2D eigenvalue weighted by atomic mass is 9.69. The standard InChI is InChI=1S/C15H29NO3/c1-15(2,3)12-7-5-6-8-13(12)16(9-10-19-4)11-14(17)18/h12-13H,5-11H2,1-4H3,(H,17,18). The Morgan fingerprint density at radius 2 is 1.95 bits per heavy atom. The van der Waals surface area contributed by atoms with Crippen LogP contribution in [0.25, 0.3) is 0 Å². The van der Waals surface area contributed by atoms with Gasteiger partial charge in [0.25, 0.3) is 0 Å². The molecular formula is C15H29NO3. The molecule has 1 N–H and O–H groups in total. The number of carbonyl (C=O) groups is 1. The average Bonchev–Trinajstić information content (AvgIpc) is 2.33. The van der Waals surface area contributed by atoms with E-state index < -0.39 is 5.97 Å². The summed E-state index contributed by atoms with van der Waals surface area (Å²) >= 11 is 0. The summed E-state index contributed by atoms with van der Waals surface area (Å²) in [5.74, 6) is -0.174. The maximum Gasteiger partial charge on any atom is 0.317 e. The van der Waals surface area contributed by atoms with Gasteiger partial charge in [-0.25, -0.2) is 0 Å². The summed E-state index contributed by atoms with van der Waals surface area (Å²) in [5.41, 5.74) is 0.231. The minimum atomic E-state index is -0.741. The molecule has 0 saturated heterocycles. The first kappa shape index (κ1) is 16.4. The number of methoxy groups -OCH3 is 1. The highest BCUT2D eigenvalue weighted by Crippen LogP contribution is 2.40. The van der Waals surface area contributed by atoms with Crippen LogP contribution in [0.15, 0.2) is 0 Å². The van der Waals surface area contributed by atoms with E-state index in [1.54, 1.807) is 7.11 Å². The van der Waals surface area contributed by atoms with Crippen molar-refractivity contribution < 1.29 is 14.6 Å². The summed E-state index contributed by atoms with van der Waals surface area (Å²) in [4.78, 5) is 13.2. The monoisotopic (exact) mass is 271 g/mol. The molecule has 1 fully saturated rings. The zero-order valence-electron chi connectivity index (χ0n) is 12.8. The van der Waals surface area contributed by atoms with Crippen molar-refractivity contribution in [3.05, 3.63) is 0 Å². The third-order valence-corrected chi connectivity index (χ3v) is 4.23. The molecule has 0 heterocycles. The van der Waals surface area contributed by atoms with E-state index in [-0.39, 0.29) is 12.0 Å². The van der Waals surface area contributed by atoms with Crippen LogP contribution in [0.4, 0.5) is 0 Å². The molecule has 2 atom stereocenters. The topological polar surface area (TPSA) is 49.8 Å². The SMILES string of the molecule is COCCN(CC(=O)O)C1CCCCC1C(C)(C)C. The second-order valence-electron chi connectivity index (χ2n) is 6.68. The molecule has 1 saturated carbocycles. The summed E-state index contributed by atoms with van der Waals surface area (Å²) in [6.45, 7) is 8.24. The maximum atomic E-state index is 11.1. The number of hydrogen-bond donors (Lipinski definition) is 1. The minimum absolute atomic E-state index is 0.126. The maximum absolute atomic E-state index is 11.1. The Morgan fingerprint density at radius 1 is 1.32 bits per heavy atom. The van der Waals surface area contributed by atoms with Crippen LogP contribution in [0, 0.1) is 11.3 Å². The first-order valence-corrected chi connectivity index (χ1v) is 7.31. The first-order chi connectivity index (χ1) is 8.86. The highest BCUT2D eigenvalue weighted by molar-refractivity contribution is 5.69. The molecule has 4 heteroatoms. The van der Waals surface area contributed by atoms with Gasteiger partial charge in [-0.3, -0.25) is 9.69 Å². The average molecular weight is 271 g/mol. The molecule has 0 aromatic rings. The van der Waals surface area contributed by atoms with Gasteiger partial charge in [0.2, 0.25) is 0 Å². The summed E-state index contributed by atoms with van der Waals surface area (Å²) in [7, 11) is 1.67. The summed E-state index contributed by atoms with van der Waals surface area (Å²) in [6.07, 6.45) is 4.79. The fourth-order valence-electron chi connectivity index (χ4n) is 3.30. The van der Waals surface area contributed by atoms with E-state index in [4.69, 9.17) is 9.84 Å². The number of nitrogens with zero attached hydrogens (tertiary/aromatic N) is 1. The van der Waals surface area contributed by atoms with Gasteiger partial charge in [0.05, 0.1) is 13.2 Å². The number of carboxylic acid groups (broad SMARTS) is 1. The Balaban J connectivity index is 2.79. The molecule has 0 radical (unpaired) electrons. The Morgan fingerprint density at radius 3 is 2.47 bits per heavy atom. The van der Waals surface area contributed by atoms with Gasteiger partial charge >= 0.3 is 5.97 Å². The van der Waals surface area contributed by atoms with Gasteiger partial charge in [-0.2, -0.15) is 0 Å². The van der Waals surface area contributed by atoms with Crippen molar-refractivity contribution in [2.24, 2.45) is 11.3 Å². The van der Waals surface area contributed by atoms with E-state index in [2.05, 4.69) is 25.7 Å². The van der Waals surface area contributed by atoms with Crippen LogP contribution in [0.2, 0.25) is 0 Å². The number of rotatable bonds is 6. The molecular weight excluding hydrogens is 242 g/mol. The molecule has 0 aliphatic heterocycles. The van der Waals surface area contributed by atoms with Gasteiger partial charge in [0, 0.05) is 19.7 Å². The highest BCUT2D eigenvalue weighted by atomic mass is 16.5. The molecule has 0 spiro atoms. The Kier molecular flexibility index (Phi) is 6.27. The van der Waals surface area contributed by atoms with Crippen LogP contribution in [-0.2, 0) is 9.53 Å². The van der Waals surface area contributed by atoms with Crippen molar-refractivity contribution in [1.29, 1.82) is 0 Å². The number of carboxylic acids is 1. The van der Waals surface area contributed by atoms with Crippen molar-refractivity contribution in [3.63, 3.8) is 0 Å². The van der Waals surface area contributed by atoms with E-state index in [1.807, 2.05) is 0 Å². The summed E-state index contributed by atoms with van der Waals surface area (Å²) in [6, 6.07) is 0.375. The van der Waals surface area contributed by atoms with Crippen molar-refractivity contribution in [1.82, 2.24) is 4.90 Å². The summed E-state index contributed by atoms with van der Waals surface area (Å²) < 4.78 is 5.13. The van der Waals surface area contributed by atoms with E-state index >= 15 is 0 Å². The van der Waals surface area contributed by atoms with Gasteiger partial charge in [-0.05, 0) is 24.2 Å². The van der Waals surface area contributed by atoms with Crippen molar-refractivity contribution in [3.8, 4) is 0 Å². The van der Waals surface area contributed by atoms with Gasteiger partial charge in [0.1, 0.15) is 0 Å². The molecule has 1 aliphatic carbocycles. The van der Waals surface area contributed by atoms with E-state index in [9.17, 15) is 4.79 Å². The molecule has 0 bridgehead atoms. The molecule has 0 amide bonds. The zero-order valence-corrected chi connectivity index (χ0v) is 12.8. The third kappa shape index (κ3) is 5.11. The Bertz CT molecular complexity index is 286. The first-order valence-electron chi connectivity index (χ1n) is 7.31. The van der Waals surface area contributed by atoms with E-state index in [1.165, 1.54) is 19.3 Å². The van der Waals surface area contributed by atoms with Crippen molar-refractivity contribution in [2.75, 3.05) is 26.8 Å². The second kappa shape index (κ2) is 7.25. The van der Waals surface area contributed by atoms with Crippen LogP contribution in [0.5, 0.6) is 0 Å². The number of aliphatic carboxylic acids is 1. The smallest absolute Gasteiger partial charge is 0.317 e. The van der Waals surface area contributed by atoms with Crippen LogP contribution >= 0.6 is 0 Å². The lowest BCUT2D eigenvalue weighted by Gasteiger charge is -2.45. The fraction of sp³-hybridized carbons (Fsp3) is 0.933. The van der Waals surface area contributed by atoms with Gasteiger partial charge in [-0.1, -0.05) is 33.6 Å². The molecule has 1 rings (SSSR count). The van der Waals surface area contributed by atoms with Crippen LogP contribution in [0.3, 0.4) is 0 Å². The van der Waals surface area contributed by atoms with Crippen molar-refractivity contribution >= 4 is 5.97 Å². The molecule has 0 aromatic heterocycles. The highest BCUT2D eigenvalue weighted by Gasteiger charge is 2.37. The fourth-order valence-corrected chi connectivity index (χ4v) is 3.30. The minimum Gasteiger partial charge on any atom is -0.480 e. The predicted molar refractivity (Wildman–Crippen MR) is 76.3 cm³/mol.